The van der Waals surface area contributed by atoms with Crippen molar-refractivity contribution in [2.24, 2.45) is 17.6 Å². The van der Waals surface area contributed by atoms with Crippen LogP contribution in [0, 0.1) is 11.8 Å². The zero-order valence-electron chi connectivity index (χ0n) is 12.8. The summed E-state index contributed by atoms with van der Waals surface area (Å²) < 4.78 is 29.4. The number of nitrogens with two attached hydrogens (primary N) is 1. The molecule has 120 valence electrons. The Morgan fingerprint density at radius 2 is 2.14 bits per heavy atom. The lowest BCUT2D eigenvalue weighted by molar-refractivity contribution is 0.226. The summed E-state index contributed by atoms with van der Waals surface area (Å²) in [5.41, 5.74) is 5.45. The first-order valence-electron chi connectivity index (χ1n) is 7.69. The maximum absolute atomic E-state index is 12.5. The topological polar surface area (TPSA) is 90.0 Å². The smallest absolute Gasteiger partial charge is 0.243 e. The minimum atomic E-state index is -3.50. The Hall–Kier alpha value is -0.920. The third-order valence-corrected chi connectivity index (χ3v) is 5.70. The van der Waals surface area contributed by atoms with Crippen LogP contribution < -0.4 is 10.5 Å². The number of aromatic nitrogens is 2. The highest BCUT2D eigenvalue weighted by atomic mass is 32.2. The van der Waals surface area contributed by atoms with Gasteiger partial charge in [0.15, 0.2) is 0 Å². The second kappa shape index (κ2) is 6.89. The van der Waals surface area contributed by atoms with Gasteiger partial charge in [0.25, 0.3) is 0 Å². The molecule has 0 bridgehead atoms. The fraction of sp³-hybridized carbons (Fsp3) is 0.786. The fourth-order valence-electron chi connectivity index (χ4n) is 3.11. The first-order chi connectivity index (χ1) is 9.94. The van der Waals surface area contributed by atoms with Crippen molar-refractivity contribution < 1.29 is 8.42 Å². The molecule has 1 aliphatic carbocycles. The monoisotopic (exact) mass is 314 g/mol. The summed E-state index contributed by atoms with van der Waals surface area (Å²) in [6, 6.07) is 0.0293. The molecule has 1 fully saturated rings. The molecule has 1 aromatic heterocycles. The molecule has 1 heterocycles. The Bertz CT molecular complexity index is 553. The SMILES string of the molecule is CC(C)C1CCCCC1NS(=O)(=O)c1cnn(CCN)c1. The summed E-state index contributed by atoms with van der Waals surface area (Å²) >= 11 is 0. The van der Waals surface area contributed by atoms with Crippen LogP contribution in [0.4, 0.5) is 0 Å². The van der Waals surface area contributed by atoms with Crippen LogP contribution in [0.3, 0.4) is 0 Å². The molecule has 3 N–H and O–H groups in total. The maximum Gasteiger partial charge on any atom is 0.243 e. The first-order valence-corrected chi connectivity index (χ1v) is 9.17. The van der Waals surface area contributed by atoms with Crippen LogP contribution in [-0.4, -0.2) is 30.8 Å². The van der Waals surface area contributed by atoms with E-state index >= 15 is 0 Å². The highest BCUT2D eigenvalue weighted by Crippen LogP contribution is 2.31. The Morgan fingerprint density at radius 1 is 1.43 bits per heavy atom. The van der Waals surface area contributed by atoms with Gasteiger partial charge in [0, 0.05) is 18.8 Å². The van der Waals surface area contributed by atoms with Crippen LogP contribution in [-0.2, 0) is 16.6 Å². The highest BCUT2D eigenvalue weighted by molar-refractivity contribution is 7.89. The molecule has 2 atom stereocenters. The van der Waals surface area contributed by atoms with Crippen molar-refractivity contribution in [3.05, 3.63) is 12.4 Å². The Labute approximate surface area is 127 Å². The van der Waals surface area contributed by atoms with E-state index in [-0.39, 0.29) is 10.9 Å². The summed E-state index contributed by atoms with van der Waals surface area (Å²) in [7, 11) is -3.50. The van der Waals surface area contributed by atoms with Gasteiger partial charge in [0.2, 0.25) is 10.0 Å². The summed E-state index contributed by atoms with van der Waals surface area (Å²) in [5.74, 6) is 0.894. The molecule has 1 aliphatic rings. The molecule has 0 saturated heterocycles. The molecule has 0 spiro atoms. The molecule has 0 amide bonds. The first kappa shape index (κ1) is 16.5. The van der Waals surface area contributed by atoms with E-state index in [1.807, 2.05) is 0 Å². The van der Waals surface area contributed by atoms with E-state index in [4.69, 9.17) is 5.73 Å². The standard InChI is InChI=1S/C14H26N4O2S/c1-11(2)13-5-3-4-6-14(13)17-21(19,20)12-9-16-18(10-12)8-7-15/h9-11,13-14,17H,3-8,15H2,1-2H3. The van der Waals surface area contributed by atoms with Gasteiger partial charge in [-0.05, 0) is 24.7 Å². The minimum Gasteiger partial charge on any atom is -0.329 e. The molecule has 2 unspecified atom stereocenters. The number of hydrogen-bond acceptors (Lipinski definition) is 4. The summed E-state index contributed by atoms with van der Waals surface area (Å²) in [4.78, 5) is 0.226. The normalized spacial score (nSPS) is 23.6. The van der Waals surface area contributed by atoms with Crippen LogP contribution in [0.15, 0.2) is 17.3 Å². The number of sulfonamides is 1. The Balaban J connectivity index is 2.11. The van der Waals surface area contributed by atoms with E-state index < -0.39 is 10.0 Å². The highest BCUT2D eigenvalue weighted by Gasteiger charge is 2.31. The van der Waals surface area contributed by atoms with Crippen molar-refractivity contribution in [1.29, 1.82) is 0 Å². The summed E-state index contributed by atoms with van der Waals surface area (Å²) in [6.07, 6.45) is 7.22. The number of nitrogens with one attached hydrogen (secondary N) is 1. The molecule has 1 aromatic rings. The average Bonchev–Trinajstić information content (AvgIpc) is 2.88. The summed E-state index contributed by atoms with van der Waals surface area (Å²) in [5, 5.41) is 4.04. The quantitative estimate of drug-likeness (QED) is 0.829. The van der Waals surface area contributed by atoms with Gasteiger partial charge in [-0.2, -0.15) is 5.10 Å². The van der Waals surface area contributed by atoms with E-state index in [0.717, 1.165) is 19.3 Å². The fourth-order valence-corrected chi connectivity index (χ4v) is 4.38. The predicted octanol–water partition coefficient (Wildman–Crippen LogP) is 1.33. The molecule has 0 radical (unpaired) electrons. The van der Waals surface area contributed by atoms with Gasteiger partial charge < -0.3 is 5.73 Å². The lowest BCUT2D eigenvalue weighted by atomic mass is 9.78. The molecule has 7 heteroatoms. The Morgan fingerprint density at radius 3 is 2.81 bits per heavy atom. The molecular formula is C14H26N4O2S. The zero-order valence-corrected chi connectivity index (χ0v) is 13.6. The van der Waals surface area contributed by atoms with Crippen molar-refractivity contribution in [3.63, 3.8) is 0 Å². The van der Waals surface area contributed by atoms with Gasteiger partial charge in [-0.3, -0.25) is 4.68 Å². The number of hydrogen-bond donors (Lipinski definition) is 2. The van der Waals surface area contributed by atoms with Crippen molar-refractivity contribution in [2.45, 2.75) is 57.0 Å². The molecule has 2 rings (SSSR count). The summed E-state index contributed by atoms with van der Waals surface area (Å²) in [6.45, 7) is 5.29. The average molecular weight is 314 g/mol. The molecule has 1 saturated carbocycles. The maximum atomic E-state index is 12.5. The molecule has 0 aliphatic heterocycles. The molecular weight excluding hydrogens is 288 g/mol. The zero-order chi connectivity index (χ0) is 15.5. The van der Waals surface area contributed by atoms with E-state index in [1.54, 1.807) is 10.9 Å². The van der Waals surface area contributed by atoms with Crippen LogP contribution in [0.25, 0.3) is 0 Å². The van der Waals surface area contributed by atoms with Gasteiger partial charge in [-0.15, -0.1) is 0 Å². The predicted molar refractivity (Wildman–Crippen MR) is 82.2 cm³/mol. The molecule has 6 nitrogen and oxygen atoms in total. The lowest BCUT2D eigenvalue weighted by Crippen LogP contribution is -2.43. The largest absolute Gasteiger partial charge is 0.329 e. The van der Waals surface area contributed by atoms with Crippen molar-refractivity contribution >= 4 is 10.0 Å². The van der Waals surface area contributed by atoms with E-state index in [9.17, 15) is 8.42 Å². The van der Waals surface area contributed by atoms with Crippen molar-refractivity contribution in [2.75, 3.05) is 6.54 Å². The van der Waals surface area contributed by atoms with E-state index in [1.165, 1.54) is 12.6 Å². The van der Waals surface area contributed by atoms with E-state index in [0.29, 0.717) is 24.9 Å². The molecule has 0 aromatic carbocycles. The second-order valence-electron chi connectivity index (χ2n) is 6.15. The second-order valence-corrected chi connectivity index (χ2v) is 7.86. The van der Waals surface area contributed by atoms with Crippen LogP contribution >= 0.6 is 0 Å². The third kappa shape index (κ3) is 4.05. The minimum absolute atomic E-state index is 0.0293. The van der Waals surface area contributed by atoms with Crippen LogP contribution in [0.2, 0.25) is 0 Å². The Kier molecular flexibility index (Phi) is 5.40. The van der Waals surface area contributed by atoms with Crippen LogP contribution in [0.1, 0.15) is 39.5 Å². The molecule has 21 heavy (non-hydrogen) atoms. The lowest BCUT2D eigenvalue weighted by Gasteiger charge is -2.34. The van der Waals surface area contributed by atoms with Gasteiger partial charge in [-0.25, -0.2) is 13.1 Å². The van der Waals surface area contributed by atoms with Crippen molar-refractivity contribution in [3.8, 4) is 0 Å². The van der Waals surface area contributed by atoms with Gasteiger partial charge in [0.1, 0.15) is 4.90 Å². The van der Waals surface area contributed by atoms with Gasteiger partial charge in [0.05, 0.1) is 12.7 Å². The number of rotatable bonds is 6. The van der Waals surface area contributed by atoms with Crippen LogP contribution in [0.5, 0.6) is 0 Å². The number of nitrogens with zero attached hydrogens (tertiary/aromatic N) is 2. The van der Waals surface area contributed by atoms with Gasteiger partial charge in [-0.1, -0.05) is 26.7 Å². The van der Waals surface area contributed by atoms with Gasteiger partial charge >= 0.3 is 0 Å². The van der Waals surface area contributed by atoms with E-state index in [2.05, 4.69) is 23.7 Å². The third-order valence-electron chi connectivity index (χ3n) is 4.26. The van der Waals surface area contributed by atoms with Crippen molar-refractivity contribution in [1.82, 2.24) is 14.5 Å².